The van der Waals surface area contributed by atoms with Gasteiger partial charge in [-0.1, -0.05) is 27.2 Å². The van der Waals surface area contributed by atoms with Crippen LogP contribution in [0, 0.1) is 5.92 Å². The molecule has 0 rings (SSSR count). The van der Waals surface area contributed by atoms with E-state index in [4.69, 9.17) is 20.1 Å². The summed E-state index contributed by atoms with van der Waals surface area (Å²) in [4.78, 5) is 11.3. The Morgan fingerprint density at radius 1 is 1.31 bits per heavy atom. The lowest BCUT2D eigenvalue weighted by Crippen LogP contribution is -2.44. The molecule has 0 saturated carbocycles. The monoisotopic (exact) mass is 234 g/mol. The highest BCUT2D eigenvalue weighted by Crippen LogP contribution is 2.13. The molecular weight excluding hydrogens is 212 g/mol. The topological polar surface area (TPSA) is 87.0 Å². The van der Waals surface area contributed by atoms with Crippen LogP contribution >= 0.6 is 0 Å². The molecule has 0 spiro atoms. The first-order valence-corrected chi connectivity index (χ1v) is 5.64. The van der Waals surface area contributed by atoms with Gasteiger partial charge in [-0.15, -0.1) is 0 Å². The van der Waals surface area contributed by atoms with Crippen molar-refractivity contribution in [3.8, 4) is 0 Å². The van der Waals surface area contributed by atoms with Crippen molar-refractivity contribution in [2.45, 2.75) is 58.5 Å². The molecule has 0 fully saturated rings. The summed E-state index contributed by atoms with van der Waals surface area (Å²) in [5, 5.41) is 26.6. The number of carbonyl (C=O) groups is 1. The second-order valence-corrected chi connectivity index (χ2v) is 4.36. The first-order chi connectivity index (χ1) is 7.27. The van der Waals surface area contributed by atoms with Crippen LogP contribution in [-0.4, -0.2) is 33.4 Å². The fourth-order valence-electron chi connectivity index (χ4n) is 1.31. The minimum atomic E-state index is -2.96. The van der Waals surface area contributed by atoms with Crippen LogP contribution in [-0.2, 0) is 9.53 Å². The van der Waals surface area contributed by atoms with E-state index in [2.05, 4.69) is 13.8 Å². The largest absolute Gasteiger partial charge is 0.454 e. The average molecular weight is 234 g/mol. The molecule has 0 aromatic heterocycles. The maximum absolute atomic E-state index is 11.3. The van der Waals surface area contributed by atoms with E-state index in [9.17, 15) is 4.79 Å². The average Bonchev–Trinajstić information content (AvgIpc) is 2.11. The van der Waals surface area contributed by atoms with E-state index in [1.165, 1.54) is 0 Å². The summed E-state index contributed by atoms with van der Waals surface area (Å²) in [6.45, 7) is 5.70. The van der Waals surface area contributed by atoms with Crippen molar-refractivity contribution in [3.63, 3.8) is 0 Å². The Morgan fingerprint density at radius 3 is 2.25 bits per heavy atom. The Kier molecular flexibility index (Phi) is 6.55. The minimum absolute atomic E-state index is 0.138. The Labute approximate surface area is 96.0 Å². The summed E-state index contributed by atoms with van der Waals surface area (Å²) >= 11 is 0. The van der Waals surface area contributed by atoms with Gasteiger partial charge in [-0.3, -0.25) is 4.79 Å². The lowest BCUT2D eigenvalue weighted by atomic mass is 10.1. The Bertz CT molecular complexity index is 207. The highest BCUT2D eigenvalue weighted by molar-refractivity contribution is 5.69. The highest BCUT2D eigenvalue weighted by Gasteiger charge is 2.33. The number of aliphatic hydroxyl groups is 3. The van der Waals surface area contributed by atoms with Gasteiger partial charge in [0.1, 0.15) is 0 Å². The van der Waals surface area contributed by atoms with E-state index in [-0.39, 0.29) is 12.8 Å². The number of carbonyl (C=O) groups excluding carboxylic acids is 1. The molecule has 1 atom stereocenters. The van der Waals surface area contributed by atoms with Crippen molar-refractivity contribution in [3.05, 3.63) is 0 Å². The predicted octanol–water partition coefficient (Wildman–Crippen LogP) is 0.765. The molecule has 0 bridgehead atoms. The van der Waals surface area contributed by atoms with Gasteiger partial charge >= 0.3 is 11.9 Å². The van der Waals surface area contributed by atoms with Gasteiger partial charge < -0.3 is 20.1 Å². The molecule has 0 aliphatic carbocycles. The van der Waals surface area contributed by atoms with Crippen LogP contribution in [0.3, 0.4) is 0 Å². The van der Waals surface area contributed by atoms with E-state index in [1.54, 1.807) is 6.92 Å². The van der Waals surface area contributed by atoms with Crippen LogP contribution in [0.4, 0.5) is 0 Å². The fraction of sp³-hybridized carbons (Fsp3) is 0.909. The maximum Gasteiger partial charge on any atom is 0.314 e. The number of esters is 1. The summed E-state index contributed by atoms with van der Waals surface area (Å²) < 4.78 is 4.76. The molecule has 5 heteroatoms. The zero-order valence-electron chi connectivity index (χ0n) is 10.1. The summed E-state index contributed by atoms with van der Waals surface area (Å²) in [7, 11) is 0. The van der Waals surface area contributed by atoms with Gasteiger partial charge in [-0.25, -0.2) is 0 Å². The van der Waals surface area contributed by atoms with Gasteiger partial charge in [0.2, 0.25) is 0 Å². The van der Waals surface area contributed by atoms with Gasteiger partial charge in [0.05, 0.1) is 0 Å². The summed E-state index contributed by atoms with van der Waals surface area (Å²) in [6, 6.07) is 0. The van der Waals surface area contributed by atoms with Gasteiger partial charge in [-0.2, -0.15) is 0 Å². The normalized spacial score (nSPS) is 13.9. The van der Waals surface area contributed by atoms with Gasteiger partial charge in [0.15, 0.2) is 6.10 Å². The molecule has 0 aliphatic heterocycles. The number of hydrogen-bond donors (Lipinski definition) is 3. The molecule has 0 heterocycles. The van der Waals surface area contributed by atoms with Crippen LogP contribution in [0.5, 0.6) is 0 Å². The SMILES string of the molecule is CCC(OC(=O)CCCC(C)C)C(O)(O)O. The van der Waals surface area contributed by atoms with E-state index in [0.717, 1.165) is 6.42 Å². The highest BCUT2D eigenvalue weighted by atomic mass is 16.7. The van der Waals surface area contributed by atoms with Crippen LogP contribution in [0.1, 0.15) is 46.5 Å². The minimum Gasteiger partial charge on any atom is -0.454 e. The molecule has 96 valence electrons. The van der Waals surface area contributed by atoms with Gasteiger partial charge in [0, 0.05) is 6.42 Å². The van der Waals surface area contributed by atoms with Crippen molar-refractivity contribution < 1.29 is 24.9 Å². The molecule has 0 saturated heterocycles. The standard InChI is InChI=1S/C11H22O5/c1-4-9(11(13,14)15)16-10(12)7-5-6-8(2)3/h8-9,13-15H,4-7H2,1-3H3. The molecule has 3 N–H and O–H groups in total. The van der Waals surface area contributed by atoms with E-state index < -0.39 is 18.0 Å². The lowest BCUT2D eigenvalue weighted by Gasteiger charge is -2.24. The summed E-state index contributed by atoms with van der Waals surface area (Å²) in [6.07, 6.45) is 0.680. The smallest absolute Gasteiger partial charge is 0.314 e. The van der Waals surface area contributed by atoms with Crippen LogP contribution < -0.4 is 0 Å². The molecule has 16 heavy (non-hydrogen) atoms. The van der Waals surface area contributed by atoms with Crippen LogP contribution in [0.25, 0.3) is 0 Å². The molecule has 0 amide bonds. The lowest BCUT2D eigenvalue weighted by molar-refractivity contribution is -0.356. The first kappa shape index (κ1) is 15.3. The second kappa shape index (κ2) is 6.83. The molecule has 5 nitrogen and oxygen atoms in total. The van der Waals surface area contributed by atoms with Crippen molar-refractivity contribution in [1.29, 1.82) is 0 Å². The van der Waals surface area contributed by atoms with Crippen LogP contribution in [0.2, 0.25) is 0 Å². The summed E-state index contributed by atoms with van der Waals surface area (Å²) in [5.41, 5.74) is 0. The maximum atomic E-state index is 11.3. The van der Waals surface area contributed by atoms with Gasteiger partial charge in [-0.05, 0) is 18.8 Å². The third kappa shape index (κ3) is 6.76. The predicted molar refractivity (Wildman–Crippen MR) is 58.2 cm³/mol. The van der Waals surface area contributed by atoms with Gasteiger partial charge in [0.25, 0.3) is 0 Å². The number of rotatable bonds is 7. The Hall–Kier alpha value is -0.650. The van der Waals surface area contributed by atoms with E-state index >= 15 is 0 Å². The van der Waals surface area contributed by atoms with E-state index in [1.807, 2.05) is 0 Å². The molecule has 1 unspecified atom stereocenters. The molecule has 0 radical (unpaired) electrons. The van der Waals surface area contributed by atoms with Crippen molar-refractivity contribution in [2.75, 3.05) is 0 Å². The molecular formula is C11H22O5. The van der Waals surface area contributed by atoms with Crippen molar-refractivity contribution in [2.24, 2.45) is 5.92 Å². The summed E-state index contributed by atoms with van der Waals surface area (Å²) in [5.74, 6) is -2.96. The molecule has 0 aromatic rings. The zero-order valence-corrected chi connectivity index (χ0v) is 10.1. The first-order valence-electron chi connectivity index (χ1n) is 5.64. The fourth-order valence-corrected chi connectivity index (χ4v) is 1.31. The third-order valence-corrected chi connectivity index (χ3v) is 2.24. The zero-order chi connectivity index (χ0) is 12.8. The second-order valence-electron chi connectivity index (χ2n) is 4.36. The van der Waals surface area contributed by atoms with Crippen LogP contribution in [0.15, 0.2) is 0 Å². The Morgan fingerprint density at radius 2 is 1.88 bits per heavy atom. The third-order valence-electron chi connectivity index (χ3n) is 2.24. The molecule has 0 aromatic carbocycles. The van der Waals surface area contributed by atoms with E-state index in [0.29, 0.717) is 12.3 Å². The number of ether oxygens (including phenoxy) is 1. The number of hydrogen-bond acceptors (Lipinski definition) is 5. The molecule has 0 aliphatic rings. The Balaban J connectivity index is 3.93. The van der Waals surface area contributed by atoms with Crippen molar-refractivity contribution >= 4 is 5.97 Å². The quantitative estimate of drug-likeness (QED) is 0.447. The van der Waals surface area contributed by atoms with Crippen molar-refractivity contribution in [1.82, 2.24) is 0 Å².